The molecule has 1 aliphatic rings. The molecule has 0 bridgehead atoms. The van der Waals surface area contributed by atoms with Crippen LogP contribution in [0.25, 0.3) is 0 Å². The Hall–Kier alpha value is -0.140. The van der Waals surface area contributed by atoms with Gasteiger partial charge in [0, 0.05) is 15.2 Å². The molecule has 0 unspecified atom stereocenters. The first-order chi connectivity index (χ1) is 5.77. The van der Waals surface area contributed by atoms with Crippen LogP contribution in [0.2, 0.25) is 5.02 Å². The van der Waals surface area contributed by atoms with Crippen LogP contribution in [-0.2, 0) is 0 Å². The SMILES string of the molecule is Cc1c(Cl)cccc1SC1CC1. The van der Waals surface area contributed by atoms with Gasteiger partial charge in [0.1, 0.15) is 0 Å². The Morgan fingerprint density at radius 3 is 2.83 bits per heavy atom. The summed E-state index contributed by atoms with van der Waals surface area (Å²) in [5.41, 5.74) is 1.23. The lowest BCUT2D eigenvalue weighted by Gasteiger charge is -2.04. The maximum Gasteiger partial charge on any atom is 0.0446 e. The maximum atomic E-state index is 6.00. The van der Waals surface area contributed by atoms with Crippen molar-refractivity contribution in [1.29, 1.82) is 0 Å². The van der Waals surface area contributed by atoms with Crippen molar-refractivity contribution in [3.8, 4) is 0 Å². The van der Waals surface area contributed by atoms with Crippen molar-refractivity contribution in [2.24, 2.45) is 0 Å². The van der Waals surface area contributed by atoms with Crippen molar-refractivity contribution in [2.45, 2.75) is 29.9 Å². The molecule has 0 atom stereocenters. The minimum absolute atomic E-state index is 0.863. The van der Waals surface area contributed by atoms with E-state index in [4.69, 9.17) is 11.6 Å². The molecule has 2 heteroatoms. The monoisotopic (exact) mass is 198 g/mol. The average molecular weight is 199 g/mol. The third kappa shape index (κ3) is 1.78. The van der Waals surface area contributed by atoms with Crippen molar-refractivity contribution in [2.75, 3.05) is 0 Å². The fourth-order valence-corrected chi connectivity index (χ4v) is 2.49. The Labute approximate surface area is 82.3 Å². The number of hydrogen-bond donors (Lipinski definition) is 0. The Kier molecular flexibility index (Phi) is 2.33. The van der Waals surface area contributed by atoms with E-state index in [-0.39, 0.29) is 0 Å². The molecular formula is C10H11ClS. The highest BCUT2D eigenvalue weighted by Gasteiger charge is 2.23. The summed E-state index contributed by atoms with van der Waals surface area (Å²) in [4.78, 5) is 1.35. The second-order valence-electron chi connectivity index (χ2n) is 3.18. The number of halogens is 1. The molecule has 64 valence electrons. The summed E-state index contributed by atoms with van der Waals surface area (Å²) in [5.74, 6) is 0. The van der Waals surface area contributed by atoms with E-state index >= 15 is 0 Å². The Morgan fingerprint density at radius 1 is 1.42 bits per heavy atom. The van der Waals surface area contributed by atoms with E-state index in [1.807, 2.05) is 23.9 Å². The molecule has 0 saturated heterocycles. The zero-order chi connectivity index (χ0) is 8.55. The predicted molar refractivity (Wildman–Crippen MR) is 55.1 cm³/mol. The summed E-state index contributed by atoms with van der Waals surface area (Å²) in [7, 11) is 0. The van der Waals surface area contributed by atoms with Crippen LogP contribution in [0.1, 0.15) is 18.4 Å². The molecule has 0 spiro atoms. The van der Waals surface area contributed by atoms with E-state index in [1.54, 1.807) is 0 Å². The summed E-state index contributed by atoms with van der Waals surface area (Å²) < 4.78 is 0. The van der Waals surface area contributed by atoms with Crippen LogP contribution in [0, 0.1) is 6.92 Å². The Bertz CT molecular complexity index is 292. The fraction of sp³-hybridized carbons (Fsp3) is 0.400. The molecule has 1 fully saturated rings. The Balaban J connectivity index is 2.23. The zero-order valence-electron chi connectivity index (χ0n) is 7.01. The minimum Gasteiger partial charge on any atom is -0.122 e. The van der Waals surface area contributed by atoms with Crippen LogP contribution in [0.15, 0.2) is 23.1 Å². The summed E-state index contributed by atoms with van der Waals surface area (Å²) in [5, 5.41) is 1.75. The van der Waals surface area contributed by atoms with Gasteiger partial charge in [-0.15, -0.1) is 11.8 Å². The van der Waals surface area contributed by atoms with Crippen LogP contribution < -0.4 is 0 Å². The smallest absolute Gasteiger partial charge is 0.0446 e. The van der Waals surface area contributed by atoms with Crippen molar-refractivity contribution < 1.29 is 0 Å². The summed E-state index contributed by atoms with van der Waals surface area (Å²) in [6.45, 7) is 2.09. The highest BCUT2D eigenvalue weighted by Crippen LogP contribution is 2.41. The standard InChI is InChI=1S/C10H11ClS/c1-7-9(11)3-2-4-10(7)12-8-5-6-8/h2-4,8H,5-6H2,1H3. The molecule has 1 aromatic carbocycles. The van der Waals surface area contributed by atoms with Crippen molar-refractivity contribution in [3.05, 3.63) is 28.8 Å². The van der Waals surface area contributed by atoms with Crippen molar-refractivity contribution in [1.82, 2.24) is 0 Å². The van der Waals surface area contributed by atoms with Gasteiger partial charge < -0.3 is 0 Å². The zero-order valence-corrected chi connectivity index (χ0v) is 8.58. The number of thioether (sulfide) groups is 1. The minimum atomic E-state index is 0.863. The van der Waals surface area contributed by atoms with Gasteiger partial charge in [-0.25, -0.2) is 0 Å². The molecule has 2 rings (SSSR count). The van der Waals surface area contributed by atoms with E-state index in [2.05, 4.69) is 13.0 Å². The molecular weight excluding hydrogens is 188 g/mol. The lowest BCUT2D eigenvalue weighted by atomic mass is 10.2. The largest absolute Gasteiger partial charge is 0.122 e. The van der Waals surface area contributed by atoms with E-state index in [0.717, 1.165) is 10.3 Å². The number of rotatable bonds is 2. The van der Waals surface area contributed by atoms with Crippen LogP contribution >= 0.6 is 23.4 Å². The van der Waals surface area contributed by atoms with E-state index in [9.17, 15) is 0 Å². The predicted octanol–water partition coefficient (Wildman–Crippen LogP) is 3.90. The molecule has 1 aliphatic carbocycles. The van der Waals surface area contributed by atoms with E-state index in [1.165, 1.54) is 23.3 Å². The lowest BCUT2D eigenvalue weighted by Crippen LogP contribution is -1.82. The third-order valence-electron chi connectivity index (χ3n) is 2.04. The van der Waals surface area contributed by atoms with Gasteiger partial charge in [0.25, 0.3) is 0 Å². The van der Waals surface area contributed by atoms with Crippen LogP contribution in [0.4, 0.5) is 0 Å². The first-order valence-corrected chi connectivity index (χ1v) is 5.45. The first-order valence-electron chi connectivity index (χ1n) is 4.19. The summed E-state index contributed by atoms with van der Waals surface area (Å²) in [6, 6.07) is 6.14. The first kappa shape index (κ1) is 8.46. The third-order valence-corrected chi connectivity index (χ3v) is 3.95. The van der Waals surface area contributed by atoms with Gasteiger partial charge in [-0.05, 0) is 37.5 Å². The van der Waals surface area contributed by atoms with Crippen LogP contribution in [-0.4, -0.2) is 5.25 Å². The van der Waals surface area contributed by atoms with Crippen LogP contribution in [0.3, 0.4) is 0 Å². The lowest BCUT2D eigenvalue weighted by molar-refractivity contribution is 1.29. The molecule has 0 heterocycles. The normalized spacial score (nSPS) is 16.5. The molecule has 1 saturated carbocycles. The molecule has 0 aliphatic heterocycles. The van der Waals surface area contributed by atoms with Gasteiger partial charge in [0.15, 0.2) is 0 Å². The molecule has 0 N–H and O–H groups in total. The molecule has 0 amide bonds. The van der Waals surface area contributed by atoms with Crippen molar-refractivity contribution in [3.63, 3.8) is 0 Å². The molecule has 0 radical (unpaired) electrons. The van der Waals surface area contributed by atoms with E-state index < -0.39 is 0 Å². The van der Waals surface area contributed by atoms with Crippen molar-refractivity contribution >= 4 is 23.4 Å². The van der Waals surface area contributed by atoms with Gasteiger partial charge in [-0.1, -0.05) is 17.7 Å². The topological polar surface area (TPSA) is 0 Å². The summed E-state index contributed by atoms with van der Waals surface area (Å²) >= 11 is 7.97. The molecule has 0 nitrogen and oxygen atoms in total. The quantitative estimate of drug-likeness (QED) is 0.695. The number of hydrogen-bond acceptors (Lipinski definition) is 1. The second-order valence-corrected chi connectivity index (χ2v) is 4.93. The van der Waals surface area contributed by atoms with Gasteiger partial charge >= 0.3 is 0 Å². The Morgan fingerprint density at radius 2 is 2.17 bits per heavy atom. The average Bonchev–Trinajstić information content (AvgIpc) is 2.83. The van der Waals surface area contributed by atoms with Gasteiger partial charge in [-0.2, -0.15) is 0 Å². The summed E-state index contributed by atoms with van der Waals surface area (Å²) in [6.07, 6.45) is 2.74. The van der Waals surface area contributed by atoms with Crippen LogP contribution in [0.5, 0.6) is 0 Å². The van der Waals surface area contributed by atoms with Gasteiger partial charge in [0.05, 0.1) is 0 Å². The second kappa shape index (κ2) is 3.31. The van der Waals surface area contributed by atoms with Gasteiger partial charge in [0.2, 0.25) is 0 Å². The van der Waals surface area contributed by atoms with E-state index in [0.29, 0.717) is 0 Å². The fourth-order valence-electron chi connectivity index (χ4n) is 1.08. The highest BCUT2D eigenvalue weighted by molar-refractivity contribution is 8.00. The molecule has 12 heavy (non-hydrogen) atoms. The highest BCUT2D eigenvalue weighted by atomic mass is 35.5. The molecule has 0 aromatic heterocycles. The van der Waals surface area contributed by atoms with Gasteiger partial charge in [-0.3, -0.25) is 0 Å². The molecule has 1 aromatic rings. The number of benzene rings is 1. The maximum absolute atomic E-state index is 6.00.